The van der Waals surface area contributed by atoms with Crippen LogP contribution in [-0.4, -0.2) is 29.1 Å². The maximum absolute atomic E-state index is 11.2. The van der Waals surface area contributed by atoms with Gasteiger partial charge in [-0.1, -0.05) is 11.6 Å². The molecule has 0 amide bonds. The van der Waals surface area contributed by atoms with Gasteiger partial charge in [-0.3, -0.25) is 0 Å². The molecular formula is C9H9ClN2O3. The van der Waals surface area contributed by atoms with Crippen LogP contribution in [0.15, 0.2) is 17.3 Å². The minimum Gasteiger partial charge on any atom is -0.425 e. The highest BCUT2D eigenvalue weighted by Gasteiger charge is 2.35. The van der Waals surface area contributed by atoms with Crippen LogP contribution in [-0.2, 0) is 14.3 Å². The molecule has 1 aromatic rings. The molecule has 80 valence electrons. The van der Waals surface area contributed by atoms with Crippen molar-refractivity contribution >= 4 is 23.3 Å². The highest BCUT2D eigenvalue weighted by Crippen LogP contribution is 2.29. The molecule has 0 bridgehead atoms. The second-order valence-electron chi connectivity index (χ2n) is 3.07. The fourth-order valence-electron chi connectivity index (χ4n) is 1.33. The largest absolute Gasteiger partial charge is 0.425 e. The molecule has 0 saturated carbocycles. The first-order valence-electron chi connectivity index (χ1n) is 4.29. The minimum atomic E-state index is -0.788. The van der Waals surface area contributed by atoms with Gasteiger partial charge in [-0.15, -0.1) is 0 Å². The summed E-state index contributed by atoms with van der Waals surface area (Å²) in [5.41, 5.74) is 1.23. The average Bonchev–Trinajstić information content (AvgIpc) is 2.73. The number of ether oxygens (including phenoxy) is 2. The van der Waals surface area contributed by atoms with E-state index in [1.807, 2.05) is 6.92 Å². The Morgan fingerprint density at radius 3 is 2.93 bits per heavy atom. The van der Waals surface area contributed by atoms with E-state index in [0.717, 1.165) is 5.69 Å². The molecule has 0 aliphatic carbocycles. The zero-order valence-corrected chi connectivity index (χ0v) is 8.99. The van der Waals surface area contributed by atoms with Crippen molar-refractivity contribution in [1.29, 1.82) is 0 Å². The number of nitrogens with zero attached hydrogens (tertiary/aromatic N) is 2. The van der Waals surface area contributed by atoms with E-state index in [0.29, 0.717) is 5.70 Å². The lowest BCUT2D eigenvalue weighted by molar-refractivity contribution is -0.153. The summed E-state index contributed by atoms with van der Waals surface area (Å²) in [6.45, 7) is 1.84. The Bertz CT molecular complexity index is 438. The predicted octanol–water partition coefficient (Wildman–Crippen LogP) is 1.13. The third kappa shape index (κ3) is 1.64. The van der Waals surface area contributed by atoms with Gasteiger partial charge in [0.1, 0.15) is 5.70 Å². The van der Waals surface area contributed by atoms with Crippen LogP contribution < -0.4 is 0 Å². The first kappa shape index (κ1) is 10.2. The first-order valence-corrected chi connectivity index (χ1v) is 4.67. The number of rotatable bonds is 2. The van der Waals surface area contributed by atoms with Crippen molar-refractivity contribution in [2.75, 3.05) is 7.11 Å². The zero-order valence-electron chi connectivity index (χ0n) is 8.23. The summed E-state index contributed by atoms with van der Waals surface area (Å²) in [7, 11) is 1.43. The van der Waals surface area contributed by atoms with Gasteiger partial charge < -0.3 is 9.47 Å². The lowest BCUT2D eigenvalue weighted by atomic mass is 10.4. The van der Waals surface area contributed by atoms with E-state index >= 15 is 0 Å². The Morgan fingerprint density at radius 1 is 1.67 bits per heavy atom. The Balaban J connectivity index is 2.45. The van der Waals surface area contributed by atoms with Crippen LogP contribution in [0.2, 0.25) is 0 Å². The maximum Gasteiger partial charge on any atom is 0.354 e. The minimum absolute atomic E-state index is 0.00458. The monoisotopic (exact) mass is 228 g/mol. The number of aromatic nitrogens is 2. The molecule has 0 saturated heterocycles. The maximum atomic E-state index is 11.2. The number of hydrogen-bond acceptors (Lipinski definition) is 4. The van der Waals surface area contributed by atoms with Gasteiger partial charge in [0, 0.05) is 13.3 Å². The van der Waals surface area contributed by atoms with E-state index in [9.17, 15) is 4.79 Å². The number of carbonyl (C=O) groups excluding carboxylic acids is 1. The fourth-order valence-corrected chi connectivity index (χ4v) is 1.55. The molecular weight excluding hydrogens is 220 g/mol. The van der Waals surface area contributed by atoms with E-state index in [1.54, 1.807) is 12.3 Å². The summed E-state index contributed by atoms with van der Waals surface area (Å²) in [6.07, 6.45) is 0.908. The fraction of sp³-hybridized carbons (Fsp3) is 0.333. The first-order chi connectivity index (χ1) is 7.13. The summed E-state index contributed by atoms with van der Waals surface area (Å²) in [6, 6.07) is 1.80. The summed E-state index contributed by atoms with van der Waals surface area (Å²) < 4.78 is 11.3. The van der Waals surface area contributed by atoms with Crippen LogP contribution in [0.5, 0.6) is 0 Å². The van der Waals surface area contributed by atoms with E-state index in [2.05, 4.69) is 5.10 Å². The summed E-state index contributed by atoms with van der Waals surface area (Å²) in [5, 5.41) is 4.14. The van der Waals surface area contributed by atoms with Gasteiger partial charge in [0.25, 0.3) is 0 Å². The SMILES string of the molecule is COC1OC(=O)C(Cl)=C1n1ccc(C)n1. The van der Waals surface area contributed by atoms with Gasteiger partial charge in [-0.2, -0.15) is 5.10 Å². The van der Waals surface area contributed by atoms with Crippen molar-refractivity contribution in [1.82, 2.24) is 9.78 Å². The van der Waals surface area contributed by atoms with Crippen LogP contribution >= 0.6 is 11.6 Å². The molecule has 1 atom stereocenters. The van der Waals surface area contributed by atoms with Crippen LogP contribution in [0.4, 0.5) is 0 Å². The van der Waals surface area contributed by atoms with Gasteiger partial charge in [-0.05, 0) is 13.0 Å². The molecule has 6 heteroatoms. The van der Waals surface area contributed by atoms with Crippen molar-refractivity contribution in [3.05, 3.63) is 23.0 Å². The van der Waals surface area contributed by atoms with Crippen molar-refractivity contribution in [2.45, 2.75) is 13.2 Å². The van der Waals surface area contributed by atoms with Crippen molar-refractivity contribution in [2.24, 2.45) is 0 Å². The number of hydrogen-bond donors (Lipinski definition) is 0. The average molecular weight is 229 g/mol. The van der Waals surface area contributed by atoms with Crippen LogP contribution in [0.25, 0.3) is 5.70 Å². The molecule has 15 heavy (non-hydrogen) atoms. The molecule has 1 aliphatic rings. The Hall–Kier alpha value is -1.33. The highest BCUT2D eigenvalue weighted by molar-refractivity contribution is 6.44. The Labute approximate surface area is 91.2 Å². The molecule has 0 N–H and O–H groups in total. The normalized spacial score (nSPS) is 21.0. The molecule has 0 spiro atoms. The number of esters is 1. The molecule has 2 heterocycles. The second-order valence-corrected chi connectivity index (χ2v) is 3.45. The van der Waals surface area contributed by atoms with Gasteiger partial charge in [0.15, 0.2) is 5.03 Å². The lowest BCUT2D eigenvalue weighted by Crippen LogP contribution is -2.17. The van der Waals surface area contributed by atoms with Crippen LogP contribution in [0, 0.1) is 6.92 Å². The van der Waals surface area contributed by atoms with Crippen molar-refractivity contribution < 1.29 is 14.3 Å². The molecule has 1 unspecified atom stereocenters. The van der Waals surface area contributed by atoms with Gasteiger partial charge in [-0.25, -0.2) is 9.48 Å². The smallest absolute Gasteiger partial charge is 0.354 e. The third-order valence-corrected chi connectivity index (χ3v) is 2.37. The molecule has 2 rings (SSSR count). The van der Waals surface area contributed by atoms with Crippen molar-refractivity contribution in [3.8, 4) is 0 Å². The van der Waals surface area contributed by atoms with Crippen LogP contribution in [0.3, 0.4) is 0 Å². The predicted molar refractivity (Wildman–Crippen MR) is 52.9 cm³/mol. The Morgan fingerprint density at radius 2 is 2.40 bits per heavy atom. The number of carbonyl (C=O) groups is 1. The number of aryl methyl sites for hydroxylation is 1. The third-order valence-electron chi connectivity index (χ3n) is 2.02. The van der Waals surface area contributed by atoms with Gasteiger partial charge in [0.2, 0.25) is 6.29 Å². The summed E-state index contributed by atoms with van der Waals surface area (Å²) in [4.78, 5) is 11.2. The lowest BCUT2D eigenvalue weighted by Gasteiger charge is -2.11. The molecule has 0 aromatic carbocycles. The van der Waals surface area contributed by atoms with E-state index in [-0.39, 0.29) is 5.03 Å². The number of methoxy groups -OCH3 is 1. The van der Waals surface area contributed by atoms with E-state index in [1.165, 1.54) is 11.8 Å². The summed E-state index contributed by atoms with van der Waals surface area (Å²) >= 11 is 5.81. The molecule has 5 nitrogen and oxygen atoms in total. The highest BCUT2D eigenvalue weighted by atomic mass is 35.5. The van der Waals surface area contributed by atoms with E-state index in [4.69, 9.17) is 21.1 Å². The Kier molecular flexibility index (Phi) is 2.50. The van der Waals surface area contributed by atoms with E-state index < -0.39 is 12.3 Å². The topological polar surface area (TPSA) is 53.4 Å². The van der Waals surface area contributed by atoms with Gasteiger partial charge >= 0.3 is 5.97 Å². The molecule has 0 radical (unpaired) electrons. The van der Waals surface area contributed by atoms with Crippen LogP contribution in [0.1, 0.15) is 5.69 Å². The van der Waals surface area contributed by atoms with Gasteiger partial charge in [0.05, 0.1) is 5.69 Å². The summed E-state index contributed by atoms with van der Waals surface area (Å²) in [5.74, 6) is -0.591. The second kappa shape index (κ2) is 3.67. The quantitative estimate of drug-likeness (QED) is 0.712. The van der Waals surface area contributed by atoms with Crippen molar-refractivity contribution in [3.63, 3.8) is 0 Å². The zero-order chi connectivity index (χ0) is 11.0. The number of halogens is 1. The molecule has 0 fully saturated rings. The standard InChI is InChI=1S/C9H9ClN2O3/c1-5-3-4-12(11-5)7-6(10)8(13)15-9(7)14-2/h3-4,9H,1-2H3. The molecule has 1 aromatic heterocycles. The molecule has 1 aliphatic heterocycles. The number of cyclic esters (lactones) is 1.